The molecule has 1 aliphatic rings. The molecule has 4 nitrogen and oxygen atoms in total. The summed E-state index contributed by atoms with van der Waals surface area (Å²) in [4.78, 5) is 0. The summed E-state index contributed by atoms with van der Waals surface area (Å²) in [5.41, 5.74) is -0.250. The predicted molar refractivity (Wildman–Crippen MR) is 73.8 cm³/mol. The van der Waals surface area contributed by atoms with Crippen LogP contribution in [0.2, 0.25) is 0 Å². The van der Waals surface area contributed by atoms with Crippen LogP contribution in [0.3, 0.4) is 0 Å². The number of benzene rings is 2. The number of hydrogen-bond donors (Lipinski definition) is 2. The molecule has 0 amide bonds. The van der Waals surface area contributed by atoms with Crippen molar-refractivity contribution in [2.45, 2.75) is 11.7 Å². The summed E-state index contributed by atoms with van der Waals surface area (Å²) in [7, 11) is 1.57. The van der Waals surface area contributed by atoms with Gasteiger partial charge in [-0.2, -0.15) is 0 Å². The summed E-state index contributed by atoms with van der Waals surface area (Å²) in [6.45, 7) is -0.00164. The van der Waals surface area contributed by atoms with Crippen LogP contribution in [-0.4, -0.2) is 23.9 Å². The van der Waals surface area contributed by atoms with Gasteiger partial charge < -0.3 is 19.7 Å². The smallest absolute Gasteiger partial charge is 0.153 e. The number of aliphatic hydroxyl groups is 2. The summed E-state index contributed by atoms with van der Waals surface area (Å²) in [5, 5.41) is 21.3. The van der Waals surface area contributed by atoms with Crippen LogP contribution in [0.5, 0.6) is 11.5 Å². The molecule has 0 aromatic heterocycles. The normalized spacial score (nSPS) is 24.6. The SMILES string of the molecule is COc1ccc2c(c1)OC[C@](O)(c1ccccc1)[C@@H]2O. The lowest BCUT2D eigenvalue weighted by Gasteiger charge is -2.38. The van der Waals surface area contributed by atoms with Gasteiger partial charge in [0.1, 0.15) is 24.2 Å². The monoisotopic (exact) mass is 272 g/mol. The standard InChI is InChI=1S/C16H16O4/c1-19-12-7-8-13-14(9-12)20-10-16(18,15(13)17)11-5-3-2-4-6-11/h2-9,15,17-18H,10H2,1H3/t15-,16+/m1/s1. The van der Waals surface area contributed by atoms with E-state index in [1.807, 2.05) is 18.2 Å². The lowest BCUT2D eigenvalue weighted by Crippen LogP contribution is -2.42. The second kappa shape index (κ2) is 4.81. The fourth-order valence-electron chi connectivity index (χ4n) is 2.48. The molecule has 1 aliphatic heterocycles. The van der Waals surface area contributed by atoms with Gasteiger partial charge in [-0.15, -0.1) is 0 Å². The first-order chi connectivity index (χ1) is 9.65. The topological polar surface area (TPSA) is 58.9 Å². The van der Waals surface area contributed by atoms with Crippen LogP contribution in [0.25, 0.3) is 0 Å². The number of methoxy groups -OCH3 is 1. The van der Waals surface area contributed by atoms with Gasteiger partial charge in [-0.3, -0.25) is 0 Å². The zero-order valence-electron chi connectivity index (χ0n) is 11.1. The summed E-state index contributed by atoms with van der Waals surface area (Å²) < 4.78 is 10.7. The highest BCUT2D eigenvalue weighted by Gasteiger charge is 2.44. The molecule has 0 aliphatic carbocycles. The Bertz CT molecular complexity index is 611. The molecule has 0 spiro atoms. The van der Waals surface area contributed by atoms with E-state index < -0.39 is 11.7 Å². The zero-order valence-corrected chi connectivity index (χ0v) is 11.1. The summed E-state index contributed by atoms with van der Waals surface area (Å²) in [6, 6.07) is 14.2. The van der Waals surface area contributed by atoms with Gasteiger partial charge in [0.25, 0.3) is 0 Å². The van der Waals surface area contributed by atoms with Crippen molar-refractivity contribution in [1.29, 1.82) is 0 Å². The van der Waals surface area contributed by atoms with E-state index in [0.717, 1.165) is 0 Å². The van der Waals surface area contributed by atoms with E-state index >= 15 is 0 Å². The lowest BCUT2D eigenvalue weighted by molar-refractivity contribution is -0.121. The van der Waals surface area contributed by atoms with Gasteiger partial charge >= 0.3 is 0 Å². The van der Waals surface area contributed by atoms with Crippen molar-refractivity contribution in [3.63, 3.8) is 0 Å². The first-order valence-electron chi connectivity index (χ1n) is 6.42. The summed E-state index contributed by atoms with van der Waals surface area (Å²) in [6.07, 6.45) is -1.04. The van der Waals surface area contributed by atoms with Crippen LogP contribution in [0.15, 0.2) is 48.5 Å². The van der Waals surface area contributed by atoms with Gasteiger partial charge in [-0.1, -0.05) is 30.3 Å². The van der Waals surface area contributed by atoms with Crippen molar-refractivity contribution >= 4 is 0 Å². The van der Waals surface area contributed by atoms with Gasteiger partial charge in [0.2, 0.25) is 0 Å². The molecule has 0 saturated carbocycles. The molecule has 1 heterocycles. The second-order valence-corrected chi connectivity index (χ2v) is 4.89. The highest BCUT2D eigenvalue weighted by molar-refractivity contribution is 5.46. The number of ether oxygens (including phenoxy) is 2. The molecule has 4 heteroatoms. The quantitative estimate of drug-likeness (QED) is 0.878. The molecule has 2 atom stereocenters. The van der Waals surface area contributed by atoms with Gasteiger partial charge in [-0.05, 0) is 17.7 Å². The highest BCUT2D eigenvalue weighted by Crippen LogP contribution is 2.44. The Kier molecular flexibility index (Phi) is 3.12. The fraction of sp³-hybridized carbons (Fsp3) is 0.250. The molecule has 20 heavy (non-hydrogen) atoms. The van der Waals surface area contributed by atoms with Crippen molar-refractivity contribution in [1.82, 2.24) is 0 Å². The molecular weight excluding hydrogens is 256 g/mol. The third kappa shape index (κ3) is 1.94. The van der Waals surface area contributed by atoms with Crippen molar-refractivity contribution in [2.24, 2.45) is 0 Å². The largest absolute Gasteiger partial charge is 0.497 e. The van der Waals surface area contributed by atoms with Crippen LogP contribution < -0.4 is 9.47 Å². The maximum absolute atomic E-state index is 10.8. The van der Waals surface area contributed by atoms with E-state index in [1.54, 1.807) is 37.4 Å². The van der Waals surface area contributed by atoms with Crippen LogP contribution in [0.4, 0.5) is 0 Å². The molecule has 2 aromatic rings. The van der Waals surface area contributed by atoms with Crippen molar-refractivity contribution in [2.75, 3.05) is 13.7 Å². The second-order valence-electron chi connectivity index (χ2n) is 4.89. The maximum Gasteiger partial charge on any atom is 0.153 e. The van der Waals surface area contributed by atoms with Gasteiger partial charge in [0.05, 0.1) is 7.11 Å². The molecule has 0 fully saturated rings. The molecule has 0 saturated heterocycles. The Morgan fingerprint density at radius 3 is 2.65 bits per heavy atom. The van der Waals surface area contributed by atoms with E-state index in [1.165, 1.54) is 0 Å². The molecule has 104 valence electrons. The van der Waals surface area contributed by atoms with Gasteiger partial charge in [-0.25, -0.2) is 0 Å². The minimum Gasteiger partial charge on any atom is -0.497 e. The van der Waals surface area contributed by atoms with Crippen LogP contribution in [-0.2, 0) is 5.60 Å². The Hall–Kier alpha value is -2.04. The van der Waals surface area contributed by atoms with Crippen molar-refractivity contribution < 1.29 is 19.7 Å². The molecule has 3 rings (SSSR count). The van der Waals surface area contributed by atoms with Crippen LogP contribution in [0, 0.1) is 0 Å². The van der Waals surface area contributed by atoms with Crippen LogP contribution in [0.1, 0.15) is 17.2 Å². The number of aliphatic hydroxyl groups excluding tert-OH is 1. The first kappa shape index (κ1) is 13.0. The van der Waals surface area contributed by atoms with E-state index in [9.17, 15) is 10.2 Å². The third-order valence-corrected chi connectivity index (χ3v) is 3.69. The third-order valence-electron chi connectivity index (χ3n) is 3.69. The molecular formula is C16H16O4. The van der Waals surface area contributed by atoms with Crippen molar-refractivity contribution in [3.05, 3.63) is 59.7 Å². The zero-order chi connectivity index (χ0) is 14.2. The van der Waals surface area contributed by atoms with Gasteiger partial charge in [0.15, 0.2) is 5.60 Å². The molecule has 0 bridgehead atoms. The molecule has 0 radical (unpaired) electrons. The number of rotatable bonds is 2. The average molecular weight is 272 g/mol. The number of hydrogen-bond acceptors (Lipinski definition) is 4. The Labute approximate surface area is 117 Å². The Morgan fingerprint density at radius 1 is 1.20 bits per heavy atom. The van der Waals surface area contributed by atoms with Gasteiger partial charge in [0, 0.05) is 11.6 Å². The highest BCUT2D eigenvalue weighted by atomic mass is 16.5. The van der Waals surface area contributed by atoms with E-state index in [2.05, 4.69) is 0 Å². The Balaban J connectivity index is 2.02. The fourth-order valence-corrected chi connectivity index (χ4v) is 2.48. The number of fused-ring (bicyclic) bond motifs is 1. The molecule has 2 N–H and O–H groups in total. The van der Waals surface area contributed by atoms with E-state index in [4.69, 9.17) is 9.47 Å². The minimum atomic E-state index is -1.44. The van der Waals surface area contributed by atoms with E-state index in [0.29, 0.717) is 22.6 Å². The minimum absolute atomic E-state index is 0.00164. The average Bonchev–Trinajstić information content (AvgIpc) is 2.51. The van der Waals surface area contributed by atoms with Crippen molar-refractivity contribution in [3.8, 4) is 11.5 Å². The van der Waals surface area contributed by atoms with E-state index in [-0.39, 0.29) is 6.61 Å². The predicted octanol–water partition coefficient (Wildman–Crippen LogP) is 2.01. The first-order valence-corrected chi connectivity index (χ1v) is 6.42. The molecule has 0 unspecified atom stereocenters. The maximum atomic E-state index is 10.8. The summed E-state index contributed by atoms with van der Waals surface area (Å²) >= 11 is 0. The Morgan fingerprint density at radius 2 is 1.95 bits per heavy atom. The lowest BCUT2D eigenvalue weighted by atomic mass is 9.83. The summed E-state index contributed by atoms with van der Waals surface area (Å²) in [5.74, 6) is 1.19. The molecule has 2 aromatic carbocycles. The van der Waals surface area contributed by atoms with Crippen LogP contribution >= 0.6 is 0 Å².